The van der Waals surface area contributed by atoms with Gasteiger partial charge in [0, 0.05) is 25.2 Å². The molecule has 0 saturated carbocycles. The molecule has 0 bridgehead atoms. The number of aliphatic hydroxyl groups excluding tert-OH is 1. The third-order valence-corrected chi connectivity index (χ3v) is 5.72. The van der Waals surface area contributed by atoms with Crippen molar-refractivity contribution in [3.05, 3.63) is 84.3 Å². The number of ether oxygens (including phenoxy) is 2. The summed E-state index contributed by atoms with van der Waals surface area (Å²) in [6.07, 6.45) is 1.92. The second-order valence-electron chi connectivity index (χ2n) is 8.34. The molecule has 7 heteroatoms. The van der Waals surface area contributed by atoms with Crippen molar-refractivity contribution in [2.45, 2.75) is 45.9 Å². The lowest BCUT2D eigenvalue weighted by atomic mass is 10.1. The zero-order valence-corrected chi connectivity index (χ0v) is 20.2. The number of hydrogen-bond acceptors (Lipinski definition) is 5. The van der Waals surface area contributed by atoms with Crippen LogP contribution in [0.15, 0.2) is 67.3 Å². The molecule has 0 aliphatic carbocycles. The minimum absolute atomic E-state index is 0.204. The molecule has 3 aromatic rings. The van der Waals surface area contributed by atoms with Crippen molar-refractivity contribution in [1.29, 1.82) is 0 Å². The molecule has 0 radical (unpaired) electrons. The smallest absolute Gasteiger partial charge is 0.227 e. The molecule has 1 aromatic heterocycles. The van der Waals surface area contributed by atoms with E-state index in [1.165, 1.54) is 12.1 Å². The van der Waals surface area contributed by atoms with Gasteiger partial charge in [-0.25, -0.2) is 9.07 Å². The van der Waals surface area contributed by atoms with Crippen LogP contribution < -0.4 is 4.74 Å². The lowest BCUT2D eigenvalue weighted by molar-refractivity contribution is 0.0155. The fourth-order valence-corrected chi connectivity index (χ4v) is 3.68. The first-order valence-electron chi connectivity index (χ1n) is 11.6. The Morgan fingerprint density at radius 1 is 1.21 bits per heavy atom. The van der Waals surface area contributed by atoms with Crippen molar-refractivity contribution < 1.29 is 19.0 Å². The highest BCUT2D eigenvalue weighted by Gasteiger charge is 2.24. The van der Waals surface area contributed by atoms with E-state index in [0.29, 0.717) is 31.3 Å². The van der Waals surface area contributed by atoms with Crippen LogP contribution in [0, 0.1) is 12.7 Å². The SMILES string of the molecule is C=CCOC[C@H](O)CN(Cc1c(C)nn(-c2ccccc2)c1Oc1cccc(F)c1)[C@H](C)CC. The Kier molecular flexibility index (Phi) is 9.39. The van der Waals surface area contributed by atoms with Crippen molar-refractivity contribution in [2.75, 3.05) is 19.8 Å². The summed E-state index contributed by atoms with van der Waals surface area (Å²) in [5.74, 6) is 0.553. The highest BCUT2D eigenvalue weighted by Crippen LogP contribution is 2.32. The summed E-state index contributed by atoms with van der Waals surface area (Å²) in [7, 11) is 0. The van der Waals surface area contributed by atoms with E-state index in [-0.39, 0.29) is 18.5 Å². The van der Waals surface area contributed by atoms with Gasteiger partial charge in [-0.3, -0.25) is 4.90 Å². The van der Waals surface area contributed by atoms with Gasteiger partial charge in [-0.05, 0) is 44.5 Å². The third-order valence-electron chi connectivity index (χ3n) is 5.72. The molecule has 34 heavy (non-hydrogen) atoms. The molecule has 182 valence electrons. The molecular formula is C27H34FN3O3. The Bertz CT molecular complexity index is 1050. The molecule has 0 aliphatic rings. The number of hydrogen-bond donors (Lipinski definition) is 1. The number of benzene rings is 2. The molecule has 1 heterocycles. The first-order chi connectivity index (χ1) is 16.4. The Morgan fingerprint density at radius 2 is 1.97 bits per heavy atom. The van der Waals surface area contributed by atoms with Crippen LogP contribution in [0.3, 0.4) is 0 Å². The molecule has 0 spiro atoms. The molecule has 0 fully saturated rings. The Hall–Kier alpha value is -3.00. The maximum Gasteiger partial charge on any atom is 0.227 e. The molecule has 0 saturated heterocycles. The summed E-state index contributed by atoms with van der Waals surface area (Å²) < 4.78 is 27.3. The highest BCUT2D eigenvalue weighted by molar-refractivity contribution is 5.43. The number of aryl methyl sites for hydroxylation is 1. The van der Waals surface area contributed by atoms with Crippen LogP contribution in [0.1, 0.15) is 31.5 Å². The molecule has 3 rings (SSSR count). The molecular weight excluding hydrogens is 433 g/mol. The Labute approximate surface area is 201 Å². The van der Waals surface area contributed by atoms with Gasteiger partial charge in [0.25, 0.3) is 0 Å². The fraction of sp³-hybridized carbons (Fsp3) is 0.370. The molecule has 2 aromatic carbocycles. The topological polar surface area (TPSA) is 59.8 Å². The van der Waals surface area contributed by atoms with Gasteiger partial charge in [-0.1, -0.05) is 37.3 Å². The average Bonchev–Trinajstić information content (AvgIpc) is 3.13. The third kappa shape index (κ3) is 6.76. The fourth-order valence-electron chi connectivity index (χ4n) is 3.68. The van der Waals surface area contributed by atoms with Crippen molar-refractivity contribution in [3.63, 3.8) is 0 Å². The van der Waals surface area contributed by atoms with Gasteiger partial charge in [-0.15, -0.1) is 6.58 Å². The van der Waals surface area contributed by atoms with Crippen molar-refractivity contribution in [1.82, 2.24) is 14.7 Å². The van der Waals surface area contributed by atoms with E-state index < -0.39 is 6.10 Å². The normalized spacial score (nSPS) is 13.1. The quantitative estimate of drug-likeness (QED) is 0.274. The van der Waals surface area contributed by atoms with Crippen LogP contribution in [0.2, 0.25) is 0 Å². The standard InChI is InChI=1S/C27H34FN3O3/c1-5-15-33-19-24(32)17-30(20(3)6-2)18-26-21(4)29-31(23-12-8-7-9-13-23)27(26)34-25-14-10-11-22(28)16-25/h5,7-14,16,20,24,32H,1,6,15,17-19H2,2-4H3/t20-,24-/m1/s1. The summed E-state index contributed by atoms with van der Waals surface area (Å²) in [6, 6.07) is 16.0. The zero-order chi connectivity index (χ0) is 24.5. The predicted octanol–water partition coefficient (Wildman–Crippen LogP) is 5.28. The van der Waals surface area contributed by atoms with Crippen LogP contribution in [0.5, 0.6) is 11.6 Å². The first kappa shape index (κ1) is 25.6. The largest absolute Gasteiger partial charge is 0.438 e. The summed E-state index contributed by atoms with van der Waals surface area (Å²) in [5.41, 5.74) is 2.53. The Morgan fingerprint density at radius 3 is 2.65 bits per heavy atom. The van der Waals surface area contributed by atoms with Gasteiger partial charge in [-0.2, -0.15) is 5.10 Å². The second-order valence-corrected chi connectivity index (χ2v) is 8.34. The molecule has 1 N–H and O–H groups in total. The number of halogens is 1. The predicted molar refractivity (Wildman–Crippen MR) is 132 cm³/mol. The maximum absolute atomic E-state index is 13.9. The van der Waals surface area contributed by atoms with Crippen molar-refractivity contribution in [3.8, 4) is 17.3 Å². The zero-order valence-electron chi connectivity index (χ0n) is 20.2. The van der Waals surface area contributed by atoms with E-state index in [1.807, 2.05) is 37.3 Å². The van der Waals surface area contributed by atoms with Crippen LogP contribution in [-0.4, -0.2) is 51.7 Å². The van der Waals surface area contributed by atoms with Crippen LogP contribution >= 0.6 is 0 Å². The molecule has 0 amide bonds. The lowest BCUT2D eigenvalue weighted by Crippen LogP contribution is -2.40. The number of nitrogens with zero attached hydrogens (tertiary/aromatic N) is 3. The molecule has 0 unspecified atom stereocenters. The van der Waals surface area contributed by atoms with Crippen LogP contribution in [0.4, 0.5) is 4.39 Å². The van der Waals surface area contributed by atoms with E-state index in [9.17, 15) is 9.50 Å². The van der Waals surface area contributed by atoms with E-state index >= 15 is 0 Å². The number of rotatable bonds is 13. The monoisotopic (exact) mass is 467 g/mol. The van der Waals surface area contributed by atoms with Crippen molar-refractivity contribution >= 4 is 0 Å². The van der Waals surface area contributed by atoms with Crippen LogP contribution in [0.25, 0.3) is 5.69 Å². The van der Waals surface area contributed by atoms with Crippen molar-refractivity contribution in [2.24, 2.45) is 0 Å². The number of aliphatic hydroxyl groups is 1. The van der Waals surface area contributed by atoms with Gasteiger partial charge in [0.2, 0.25) is 5.88 Å². The Balaban J connectivity index is 1.96. The average molecular weight is 468 g/mol. The second kappa shape index (κ2) is 12.5. The molecule has 2 atom stereocenters. The lowest BCUT2D eigenvalue weighted by Gasteiger charge is -2.30. The minimum Gasteiger partial charge on any atom is -0.438 e. The maximum atomic E-state index is 13.9. The van der Waals surface area contributed by atoms with E-state index in [0.717, 1.165) is 23.4 Å². The summed E-state index contributed by atoms with van der Waals surface area (Å²) in [6.45, 7) is 11.4. The van der Waals surface area contributed by atoms with Gasteiger partial charge in [0.15, 0.2) is 0 Å². The summed E-state index contributed by atoms with van der Waals surface area (Å²) >= 11 is 0. The van der Waals surface area contributed by atoms with E-state index in [1.54, 1.807) is 22.9 Å². The molecule has 6 nitrogen and oxygen atoms in total. The van der Waals surface area contributed by atoms with Gasteiger partial charge in [0.05, 0.1) is 36.3 Å². The number of aromatic nitrogens is 2. The van der Waals surface area contributed by atoms with E-state index in [4.69, 9.17) is 14.6 Å². The summed E-state index contributed by atoms with van der Waals surface area (Å²) in [5, 5.41) is 15.3. The van der Waals surface area contributed by atoms with E-state index in [2.05, 4.69) is 25.3 Å². The first-order valence-corrected chi connectivity index (χ1v) is 11.6. The van der Waals surface area contributed by atoms with Crippen LogP contribution in [-0.2, 0) is 11.3 Å². The van der Waals surface area contributed by atoms with Gasteiger partial charge < -0.3 is 14.6 Å². The minimum atomic E-state index is -0.647. The van der Waals surface area contributed by atoms with Gasteiger partial charge >= 0.3 is 0 Å². The highest BCUT2D eigenvalue weighted by atomic mass is 19.1. The summed E-state index contributed by atoms with van der Waals surface area (Å²) in [4.78, 5) is 2.19. The molecule has 0 aliphatic heterocycles. The number of para-hydroxylation sites is 1. The van der Waals surface area contributed by atoms with Gasteiger partial charge in [0.1, 0.15) is 11.6 Å².